The van der Waals surface area contributed by atoms with E-state index in [2.05, 4.69) is 18.8 Å². The fraction of sp³-hybridized carbons (Fsp3) is 0.607. The normalized spacial score (nSPS) is 12.0. The van der Waals surface area contributed by atoms with Crippen molar-refractivity contribution in [1.82, 2.24) is 4.98 Å². The van der Waals surface area contributed by atoms with Crippen molar-refractivity contribution in [3.8, 4) is 22.8 Å². The van der Waals surface area contributed by atoms with Gasteiger partial charge in [0, 0.05) is 5.56 Å². The number of alkyl halides is 1. The largest absolute Gasteiger partial charge is 0.494 e. The van der Waals surface area contributed by atoms with Gasteiger partial charge in [0.2, 0.25) is 0 Å². The Kier molecular flexibility index (Phi) is 13.5. The minimum absolute atomic E-state index is 0.0952. The molecule has 1 aromatic carbocycles. The van der Waals surface area contributed by atoms with Crippen LogP contribution in [-0.2, 0) is 0 Å². The molecule has 1 aromatic heterocycles. The van der Waals surface area contributed by atoms with Gasteiger partial charge in [0.05, 0.1) is 18.5 Å². The summed E-state index contributed by atoms with van der Waals surface area (Å²) in [6, 6.07) is 11.8. The minimum Gasteiger partial charge on any atom is -0.494 e. The lowest BCUT2D eigenvalue weighted by atomic mass is 10.1. The van der Waals surface area contributed by atoms with E-state index >= 15 is 0 Å². The predicted octanol–water partition coefficient (Wildman–Crippen LogP) is 8.57. The van der Waals surface area contributed by atoms with Crippen molar-refractivity contribution >= 4 is 0 Å². The fourth-order valence-electron chi connectivity index (χ4n) is 3.67. The quantitative estimate of drug-likeness (QED) is 0.216. The van der Waals surface area contributed by atoms with Crippen LogP contribution in [0.25, 0.3) is 11.3 Å². The molecule has 2 rings (SSSR count). The van der Waals surface area contributed by atoms with Crippen molar-refractivity contribution in [2.75, 3.05) is 13.2 Å². The Morgan fingerprint density at radius 3 is 2.00 bits per heavy atom. The van der Waals surface area contributed by atoms with Crippen molar-refractivity contribution in [1.29, 1.82) is 0 Å². The van der Waals surface area contributed by atoms with E-state index in [1.54, 1.807) is 6.20 Å². The van der Waals surface area contributed by atoms with Crippen LogP contribution in [0, 0.1) is 0 Å². The van der Waals surface area contributed by atoms with Gasteiger partial charge in [-0.05, 0) is 49.2 Å². The molecule has 0 spiro atoms. The van der Waals surface area contributed by atoms with Crippen LogP contribution in [0.15, 0.2) is 42.6 Å². The number of benzene rings is 1. The highest BCUT2D eigenvalue weighted by Gasteiger charge is 2.08. The summed E-state index contributed by atoms with van der Waals surface area (Å²) >= 11 is 0. The van der Waals surface area contributed by atoms with Crippen LogP contribution in [0.2, 0.25) is 0 Å². The van der Waals surface area contributed by atoms with Crippen LogP contribution in [-0.4, -0.2) is 24.4 Å². The summed E-state index contributed by atoms with van der Waals surface area (Å²) in [5.74, 6) is 1.51. The molecular weight excluding hydrogens is 401 g/mol. The second kappa shape index (κ2) is 16.5. The minimum atomic E-state index is -0.917. The molecule has 4 heteroatoms. The molecule has 0 fully saturated rings. The highest BCUT2D eigenvalue weighted by atomic mass is 19.1. The van der Waals surface area contributed by atoms with Crippen molar-refractivity contribution < 1.29 is 13.9 Å². The molecule has 1 atom stereocenters. The summed E-state index contributed by atoms with van der Waals surface area (Å²) in [6.07, 6.45) is 14.7. The molecule has 0 aliphatic rings. The van der Waals surface area contributed by atoms with Gasteiger partial charge >= 0.3 is 0 Å². The van der Waals surface area contributed by atoms with Gasteiger partial charge in [0.15, 0.2) is 0 Å². The maximum Gasteiger partial charge on any atom is 0.137 e. The average Bonchev–Trinajstić information content (AvgIpc) is 2.83. The van der Waals surface area contributed by atoms with Crippen LogP contribution in [0.5, 0.6) is 11.5 Å². The number of hydrogen-bond acceptors (Lipinski definition) is 3. The van der Waals surface area contributed by atoms with Gasteiger partial charge in [0.1, 0.15) is 24.3 Å². The Hall–Kier alpha value is -2.10. The number of nitrogens with zero attached hydrogens (tertiary/aromatic N) is 1. The van der Waals surface area contributed by atoms with E-state index in [4.69, 9.17) is 9.47 Å². The van der Waals surface area contributed by atoms with Crippen molar-refractivity contribution in [3.05, 3.63) is 42.6 Å². The predicted molar refractivity (Wildman–Crippen MR) is 132 cm³/mol. The van der Waals surface area contributed by atoms with E-state index in [0.29, 0.717) is 12.2 Å². The zero-order chi connectivity index (χ0) is 22.9. The molecule has 0 N–H and O–H groups in total. The zero-order valence-corrected chi connectivity index (χ0v) is 20.2. The molecule has 2 aromatic rings. The number of rotatable bonds is 18. The highest BCUT2D eigenvalue weighted by molar-refractivity contribution is 5.60. The van der Waals surface area contributed by atoms with E-state index in [1.807, 2.05) is 36.4 Å². The van der Waals surface area contributed by atoms with Gasteiger partial charge in [-0.15, -0.1) is 0 Å². The van der Waals surface area contributed by atoms with Crippen molar-refractivity contribution in [3.63, 3.8) is 0 Å². The Balaban J connectivity index is 1.67. The zero-order valence-electron chi connectivity index (χ0n) is 20.2. The third-order valence-corrected chi connectivity index (χ3v) is 5.70. The molecule has 0 aliphatic carbocycles. The number of hydrogen-bond donors (Lipinski definition) is 0. The molecule has 0 amide bonds. The summed E-state index contributed by atoms with van der Waals surface area (Å²) < 4.78 is 25.4. The third-order valence-electron chi connectivity index (χ3n) is 5.70. The summed E-state index contributed by atoms with van der Waals surface area (Å²) in [4.78, 5) is 4.47. The third kappa shape index (κ3) is 11.0. The molecule has 0 aliphatic heterocycles. The number of unbranched alkanes of at least 4 members (excludes halogenated alkanes) is 9. The van der Waals surface area contributed by atoms with Crippen molar-refractivity contribution in [2.45, 2.75) is 97.1 Å². The van der Waals surface area contributed by atoms with Crippen LogP contribution in [0.4, 0.5) is 4.39 Å². The summed E-state index contributed by atoms with van der Waals surface area (Å²) in [6.45, 7) is 5.27. The lowest BCUT2D eigenvalue weighted by Crippen LogP contribution is -2.12. The van der Waals surface area contributed by atoms with Crippen molar-refractivity contribution in [2.24, 2.45) is 0 Å². The Morgan fingerprint density at radius 2 is 1.34 bits per heavy atom. The summed E-state index contributed by atoms with van der Waals surface area (Å²) in [5, 5.41) is 0. The molecule has 1 unspecified atom stereocenters. The standard InChI is InChI=1S/C28H42FNO2/c1-3-5-7-9-10-11-13-21-31-26-17-15-24(16-18-26)28-20-19-27(22-30-28)32-23-25(29)14-12-8-6-4-2/h15-20,22,25H,3-14,21,23H2,1-2H3. The van der Waals surface area contributed by atoms with E-state index in [0.717, 1.165) is 42.9 Å². The Labute approximate surface area is 194 Å². The molecule has 0 saturated heterocycles. The number of aromatic nitrogens is 1. The number of pyridine rings is 1. The highest BCUT2D eigenvalue weighted by Crippen LogP contribution is 2.23. The SMILES string of the molecule is CCCCCCCCCOc1ccc(-c2ccc(OCC(F)CCCCCC)cn2)cc1. The van der Waals surface area contributed by atoms with E-state index < -0.39 is 6.17 Å². The molecule has 0 bridgehead atoms. The molecule has 0 radical (unpaired) electrons. The molecule has 178 valence electrons. The van der Waals surface area contributed by atoms with Gasteiger partial charge in [-0.25, -0.2) is 4.39 Å². The maximum absolute atomic E-state index is 13.9. The second-order valence-corrected chi connectivity index (χ2v) is 8.63. The first-order valence-corrected chi connectivity index (χ1v) is 12.7. The van der Waals surface area contributed by atoms with Crippen LogP contribution in [0.3, 0.4) is 0 Å². The molecule has 1 heterocycles. The lowest BCUT2D eigenvalue weighted by molar-refractivity contribution is 0.183. The van der Waals surface area contributed by atoms with E-state index in [9.17, 15) is 4.39 Å². The van der Waals surface area contributed by atoms with Crippen LogP contribution in [0.1, 0.15) is 90.9 Å². The molecular formula is C28H42FNO2. The average molecular weight is 444 g/mol. The number of ether oxygens (including phenoxy) is 2. The fourth-order valence-corrected chi connectivity index (χ4v) is 3.67. The van der Waals surface area contributed by atoms with Gasteiger partial charge in [-0.2, -0.15) is 0 Å². The van der Waals surface area contributed by atoms with Gasteiger partial charge in [-0.1, -0.05) is 78.1 Å². The number of halogens is 1. The molecule has 0 saturated carbocycles. The van der Waals surface area contributed by atoms with E-state index in [-0.39, 0.29) is 6.61 Å². The summed E-state index contributed by atoms with van der Waals surface area (Å²) in [7, 11) is 0. The molecule has 32 heavy (non-hydrogen) atoms. The smallest absolute Gasteiger partial charge is 0.137 e. The van der Waals surface area contributed by atoms with E-state index in [1.165, 1.54) is 51.4 Å². The van der Waals surface area contributed by atoms with Gasteiger partial charge in [0.25, 0.3) is 0 Å². The van der Waals surface area contributed by atoms with Crippen LogP contribution >= 0.6 is 0 Å². The Bertz CT molecular complexity index is 702. The first kappa shape index (κ1) is 26.2. The lowest BCUT2D eigenvalue weighted by Gasteiger charge is -2.11. The van der Waals surface area contributed by atoms with Gasteiger partial charge in [-0.3, -0.25) is 4.98 Å². The topological polar surface area (TPSA) is 31.4 Å². The van der Waals surface area contributed by atoms with Gasteiger partial charge < -0.3 is 9.47 Å². The Morgan fingerprint density at radius 1 is 0.719 bits per heavy atom. The second-order valence-electron chi connectivity index (χ2n) is 8.63. The molecule has 3 nitrogen and oxygen atoms in total. The van der Waals surface area contributed by atoms with Crippen LogP contribution < -0.4 is 9.47 Å². The summed E-state index contributed by atoms with van der Waals surface area (Å²) in [5.41, 5.74) is 1.89. The first-order valence-electron chi connectivity index (χ1n) is 12.7. The maximum atomic E-state index is 13.9. The monoisotopic (exact) mass is 443 g/mol. The first-order chi connectivity index (χ1) is 15.7.